The van der Waals surface area contributed by atoms with Crippen LogP contribution in [0, 0.1) is 10.1 Å². The Kier molecular flexibility index (Phi) is 5.73. The molecule has 0 aliphatic carbocycles. The lowest BCUT2D eigenvalue weighted by Crippen LogP contribution is -2.36. The largest absolute Gasteiger partial charge is 0.493 e. The molecule has 2 aromatic rings. The molecular formula is C18H21ClN4O6. The van der Waals surface area contributed by atoms with Gasteiger partial charge in [-0.05, 0) is 17.1 Å². The Morgan fingerprint density at radius 2 is 1.93 bits per heavy atom. The number of benzene rings is 1. The number of methoxy groups -OCH3 is 3. The fourth-order valence-electron chi connectivity index (χ4n) is 3.49. The number of hydrogen-bond donors (Lipinski definition) is 0. The molecule has 1 aromatic carbocycles. The zero-order valence-electron chi connectivity index (χ0n) is 16.5. The number of amides is 1. The van der Waals surface area contributed by atoms with Gasteiger partial charge in [-0.25, -0.2) is 9.36 Å². The molecule has 29 heavy (non-hydrogen) atoms. The summed E-state index contributed by atoms with van der Waals surface area (Å²) in [6, 6.07) is 2.82. The van der Waals surface area contributed by atoms with Gasteiger partial charge in [0.1, 0.15) is 11.2 Å². The van der Waals surface area contributed by atoms with Crippen LogP contribution < -0.4 is 14.2 Å². The van der Waals surface area contributed by atoms with E-state index in [1.165, 1.54) is 32.1 Å². The molecule has 1 amide bonds. The molecule has 0 bridgehead atoms. The summed E-state index contributed by atoms with van der Waals surface area (Å²) in [5.41, 5.74) is 0.826. The van der Waals surface area contributed by atoms with Gasteiger partial charge in [-0.2, -0.15) is 4.90 Å². The van der Waals surface area contributed by atoms with Crippen LogP contribution in [0.1, 0.15) is 6.42 Å². The minimum atomic E-state index is -0.589. The molecule has 3 rings (SSSR count). The normalized spacial score (nSPS) is 14.0. The summed E-state index contributed by atoms with van der Waals surface area (Å²) in [5, 5.41) is 12.4. The topological polar surface area (TPSA) is 99.3 Å². The summed E-state index contributed by atoms with van der Waals surface area (Å²) < 4.78 is 17.5. The molecular weight excluding hydrogens is 404 g/mol. The Balaban J connectivity index is 2.16. The number of hydrogen-bond acceptors (Lipinski definition) is 7. The number of carbonyl (C=O) groups is 1. The summed E-state index contributed by atoms with van der Waals surface area (Å²) in [6.07, 6.45) is 1.81. The van der Waals surface area contributed by atoms with Gasteiger partial charge in [0.15, 0.2) is 18.2 Å². The molecule has 1 aliphatic heterocycles. The van der Waals surface area contributed by atoms with E-state index in [4.69, 9.17) is 25.8 Å². The smallest absolute Gasteiger partial charge is 0.421 e. The van der Waals surface area contributed by atoms with Crippen LogP contribution in [0.15, 0.2) is 29.8 Å². The van der Waals surface area contributed by atoms with Gasteiger partial charge >= 0.3 is 11.9 Å². The number of carbonyl (C=O) groups excluding carboxylic acids is 1. The van der Waals surface area contributed by atoms with Crippen LogP contribution in [-0.4, -0.2) is 66.2 Å². The van der Waals surface area contributed by atoms with E-state index in [-0.39, 0.29) is 24.8 Å². The van der Waals surface area contributed by atoms with Gasteiger partial charge in [-0.3, -0.25) is 0 Å². The molecule has 0 saturated heterocycles. The molecule has 10 nitrogen and oxygen atoms in total. The highest BCUT2D eigenvalue weighted by molar-refractivity contribution is 6.18. The van der Waals surface area contributed by atoms with Crippen LogP contribution in [-0.2, 0) is 0 Å². The van der Waals surface area contributed by atoms with E-state index in [9.17, 15) is 14.9 Å². The lowest BCUT2D eigenvalue weighted by atomic mass is 10.2. The van der Waals surface area contributed by atoms with Crippen LogP contribution in [0.2, 0.25) is 0 Å². The van der Waals surface area contributed by atoms with Crippen molar-refractivity contribution in [3.05, 3.63) is 40.0 Å². The Hall–Kier alpha value is -3.14. The summed E-state index contributed by atoms with van der Waals surface area (Å²) in [6.45, 7) is 0.0383. The molecule has 156 valence electrons. The highest BCUT2D eigenvalue weighted by atomic mass is 35.5. The number of ether oxygens (including phenoxy) is 3. The Morgan fingerprint density at radius 3 is 2.48 bits per heavy atom. The number of rotatable bonds is 6. The van der Waals surface area contributed by atoms with Gasteiger partial charge in [0.05, 0.1) is 21.3 Å². The van der Waals surface area contributed by atoms with Crippen molar-refractivity contribution >= 4 is 28.5 Å². The second kappa shape index (κ2) is 8.08. The number of nitro groups is 1. The molecule has 0 N–H and O–H groups in total. The van der Waals surface area contributed by atoms with Crippen molar-refractivity contribution in [1.29, 1.82) is 0 Å². The van der Waals surface area contributed by atoms with E-state index >= 15 is 0 Å². The maximum atomic E-state index is 13.3. The quantitative estimate of drug-likeness (QED) is 0.399. The van der Waals surface area contributed by atoms with Gasteiger partial charge in [-0.15, -0.1) is 11.6 Å². The first kappa shape index (κ1) is 20.6. The van der Waals surface area contributed by atoms with Crippen LogP contribution in [0.3, 0.4) is 0 Å². The second-order valence-electron chi connectivity index (χ2n) is 6.29. The third-order valence-electron chi connectivity index (χ3n) is 4.75. The zero-order valence-corrected chi connectivity index (χ0v) is 17.2. The van der Waals surface area contributed by atoms with E-state index in [0.717, 1.165) is 4.90 Å². The summed E-state index contributed by atoms with van der Waals surface area (Å²) in [7, 11) is 6.09. The van der Waals surface area contributed by atoms with Crippen molar-refractivity contribution < 1.29 is 23.9 Å². The number of fused-ring (bicyclic) bond motifs is 1. The molecule has 2 heterocycles. The Morgan fingerprint density at radius 1 is 1.24 bits per heavy atom. The number of halogens is 1. The number of allylic oxidation sites excluding steroid dienone is 1. The number of alkyl halides is 1. The molecule has 0 fully saturated rings. The molecule has 0 atom stereocenters. The third-order valence-corrected chi connectivity index (χ3v) is 4.94. The Bertz CT molecular complexity index is 1000. The zero-order chi connectivity index (χ0) is 21.3. The maximum absolute atomic E-state index is 13.3. The molecule has 1 aliphatic rings. The summed E-state index contributed by atoms with van der Waals surface area (Å²) in [4.78, 5) is 27.2. The first-order valence-electron chi connectivity index (χ1n) is 8.66. The average Bonchev–Trinajstić information content (AvgIpc) is 3.27. The molecule has 0 radical (unpaired) electrons. The third kappa shape index (κ3) is 3.29. The molecule has 0 saturated carbocycles. The predicted molar refractivity (Wildman–Crippen MR) is 106 cm³/mol. The SMILES string of the molecule is COc1cc2ccn(C(=O)N3CN(C)C(CCCl)=C3[N+](=O)[O-])c2c(OC)c1OC. The van der Waals surface area contributed by atoms with Crippen molar-refractivity contribution in [1.82, 2.24) is 14.4 Å². The van der Waals surface area contributed by atoms with Gasteiger partial charge in [0.2, 0.25) is 5.75 Å². The number of aromatic nitrogens is 1. The highest BCUT2D eigenvalue weighted by Crippen LogP contribution is 2.44. The minimum Gasteiger partial charge on any atom is -0.493 e. The fourth-order valence-corrected chi connectivity index (χ4v) is 3.67. The fraction of sp³-hybridized carbons (Fsp3) is 0.389. The van der Waals surface area contributed by atoms with Crippen molar-refractivity contribution in [2.45, 2.75) is 6.42 Å². The molecule has 0 spiro atoms. The van der Waals surface area contributed by atoms with E-state index < -0.39 is 11.0 Å². The maximum Gasteiger partial charge on any atom is 0.421 e. The van der Waals surface area contributed by atoms with Crippen LogP contribution in [0.4, 0.5) is 4.79 Å². The van der Waals surface area contributed by atoms with Crippen LogP contribution in [0.25, 0.3) is 10.9 Å². The summed E-state index contributed by atoms with van der Waals surface area (Å²) >= 11 is 5.79. The highest BCUT2D eigenvalue weighted by Gasteiger charge is 2.42. The lowest BCUT2D eigenvalue weighted by Gasteiger charge is -2.16. The lowest BCUT2D eigenvalue weighted by molar-refractivity contribution is -0.441. The van der Waals surface area contributed by atoms with Crippen molar-refractivity contribution in [3.63, 3.8) is 0 Å². The van der Waals surface area contributed by atoms with Crippen molar-refractivity contribution in [3.8, 4) is 17.2 Å². The Labute approximate surface area is 171 Å². The minimum absolute atomic E-state index is 0.0383. The monoisotopic (exact) mass is 424 g/mol. The first-order chi connectivity index (χ1) is 13.9. The van der Waals surface area contributed by atoms with Crippen LogP contribution >= 0.6 is 11.6 Å². The average molecular weight is 425 g/mol. The van der Waals surface area contributed by atoms with Crippen molar-refractivity contribution in [2.24, 2.45) is 0 Å². The van der Waals surface area contributed by atoms with E-state index in [0.29, 0.717) is 33.8 Å². The molecule has 0 unspecified atom stereocenters. The summed E-state index contributed by atoms with van der Waals surface area (Å²) in [5.74, 6) is 0.982. The van der Waals surface area contributed by atoms with Gasteiger partial charge < -0.3 is 29.2 Å². The second-order valence-corrected chi connectivity index (χ2v) is 6.66. The van der Waals surface area contributed by atoms with E-state index in [2.05, 4.69) is 0 Å². The first-order valence-corrected chi connectivity index (χ1v) is 9.19. The molecule has 11 heteroatoms. The predicted octanol–water partition coefficient (Wildman–Crippen LogP) is 2.91. The standard InChI is InChI=1S/C18H21ClN4O6/c1-20-10-22(17(23(25)26)12(20)5-7-19)18(24)21-8-6-11-9-13(27-2)15(28-3)16(29-4)14(11)21/h6,8-9H,5,7,10H2,1-4H3. The van der Waals surface area contributed by atoms with E-state index in [1.807, 2.05) is 0 Å². The van der Waals surface area contributed by atoms with Crippen molar-refractivity contribution in [2.75, 3.05) is 40.9 Å². The number of nitrogens with zero attached hydrogens (tertiary/aromatic N) is 4. The van der Waals surface area contributed by atoms with Gasteiger partial charge in [-0.1, -0.05) is 0 Å². The van der Waals surface area contributed by atoms with Crippen LogP contribution in [0.5, 0.6) is 17.2 Å². The molecule has 1 aromatic heterocycles. The van der Waals surface area contributed by atoms with Gasteiger partial charge in [0.25, 0.3) is 0 Å². The van der Waals surface area contributed by atoms with E-state index in [1.54, 1.807) is 24.1 Å². The van der Waals surface area contributed by atoms with Gasteiger partial charge in [0, 0.05) is 30.9 Å².